The molecule has 0 radical (unpaired) electrons. The summed E-state index contributed by atoms with van der Waals surface area (Å²) < 4.78 is 6.59. The Morgan fingerprint density at radius 1 is 1.47 bits per heavy atom. The summed E-state index contributed by atoms with van der Waals surface area (Å²) in [6.07, 6.45) is 1.89. The Balaban J connectivity index is 2.80. The Kier molecular flexibility index (Phi) is 2.11. The molecule has 4 nitrogen and oxygen atoms in total. The molecule has 0 atom stereocenters. The van der Waals surface area contributed by atoms with Gasteiger partial charge in [-0.15, -0.1) is 0 Å². The third-order valence-corrected chi connectivity index (χ3v) is 2.40. The van der Waals surface area contributed by atoms with Crippen LogP contribution in [0.4, 0.5) is 5.69 Å². The fraction of sp³-hybridized carbons (Fsp3) is 0.182. The van der Waals surface area contributed by atoms with Crippen LogP contribution in [0.1, 0.15) is 10.4 Å². The second-order valence-electron chi connectivity index (χ2n) is 3.42. The number of nitrogen functional groups attached to an aromatic ring is 1. The number of carbonyl (C=O) groups excluding carboxylic acids is 1. The van der Waals surface area contributed by atoms with E-state index in [-0.39, 0.29) is 5.97 Å². The summed E-state index contributed by atoms with van der Waals surface area (Å²) in [4.78, 5) is 11.5. The summed E-state index contributed by atoms with van der Waals surface area (Å²) in [5.41, 5.74) is 7.62. The van der Waals surface area contributed by atoms with E-state index in [1.165, 1.54) is 7.11 Å². The number of benzene rings is 1. The van der Waals surface area contributed by atoms with Gasteiger partial charge in [0.25, 0.3) is 0 Å². The molecule has 4 heteroatoms. The van der Waals surface area contributed by atoms with Crippen LogP contribution >= 0.6 is 0 Å². The first-order valence-corrected chi connectivity index (χ1v) is 4.56. The predicted molar refractivity (Wildman–Crippen MR) is 58.7 cm³/mol. The third-order valence-electron chi connectivity index (χ3n) is 2.40. The van der Waals surface area contributed by atoms with Gasteiger partial charge in [0.15, 0.2) is 0 Å². The predicted octanol–water partition coefficient (Wildman–Crippen LogP) is 1.55. The van der Waals surface area contributed by atoms with Gasteiger partial charge in [0.05, 0.1) is 18.2 Å². The van der Waals surface area contributed by atoms with Crippen LogP contribution in [0, 0.1) is 0 Å². The summed E-state index contributed by atoms with van der Waals surface area (Å²) in [5, 5.41) is 0.943. The second-order valence-corrected chi connectivity index (χ2v) is 3.42. The monoisotopic (exact) mass is 204 g/mol. The minimum Gasteiger partial charge on any atom is -0.465 e. The third kappa shape index (κ3) is 1.44. The number of nitrogens with zero attached hydrogens (tertiary/aromatic N) is 1. The van der Waals surface area contributed by atoms with Crippen LogP contribution < -0.4 is 5.73 Å². The molecule has 0 amide bonds. The maximum Gasteiger partial charge on any atom is 0.340 e. The molecule has 0 fully saturated rings. The van der Waals surface area contributed by atoms with Crippen molar-refractivity contribution in [1.29, 1.82) is 0 Å². The molecule has 78 valence electrons. The van der Waals surface area contributed by atoms with Crippen LogP contribution in [0.3, 0.4) is 0 Å². The van der Waals surface area contributed by atoms with Crippen molar-refractivity contribution in [2.24, 2.45) is 7.05 Å². The molecule has 0 saturated carbocycles. The minimum atomic E-state index is -0.367. The average molecular weight is 204 g/mol. The van der Waals surface area contributed by atoms with Gasteiger partial charge in [-0.2, -0.15) is 0 Å². The number of esters is 1. The van der Waals surface area contributed by atoms with Crippen molar-refractivity contribution in [2.45, 2.75) is 0 Å². The van der Waals surface area contributed by atoms with Crippen molar-refractivity contribution in [3.8, 4) is 0 Å². The van der Waals surface area contributed by atoms with E-state index in [9.17, 15) is 4.79 Å². The number of aromatic nitrogens is 1. The highest BCUT2D eigenvalue weighted by molar-refractivity contribution is 6.04. The topological polar surface area (TPSA) is 57.2 Å². The lowest BCUT2D eigenvalue weighted by Crippen LogP contribution is -2.05. The number of anilines is 1. The molecule has 0 aliphatic carbocycles. The van der Waals surface area contributed by atoms with Crippen molar-refractivity contribution in [3.05, 3.63) is 30.0 Å². The van der Waals surface area contributed by atoms with Crippen LogP contribution in [-0.4, -0.2) is 17.6 Å². The van der Waals surface area contributed by atoms with Gasteiger partial charge < -0.3 is 15.0 Å². The van der Waals surface area contributed by atoms with Crippen molar-refractivity contribution < 1.29 is 9.53 Å². The van der Waals surface area contributed by atoms with E-state index in [0.29, 0.717) is 11.3 Å². The molecular formula is C11H12N2O2. The number of methoxy groups -OCH3 is 1. The van der Waals surface area contributed by atoms with Gasteiger partial charge in [-0.3, -0.25) is 0 Å². The maximum atomic E-state index is 11.5. The Bertz CT molecular complexity index is 529. The maximum absolute atomic E-state index is 11.5. The van der Waals surface area contributed by atoms with Crippen LogP contribution in [0.5, 0.6) is 0 Å². The lowest BCUT2D eigenvalue weighted by atomic mass is 10.1. The van der Waals surface area contributed by atoms with E-state index in [2.05, 4.69) is 0 Å². The standard InChI is InChI=1S/C11H12N2O2/c1-13-4-3-7-5-8(12)6-9(10(7)13)11(14)15-2/h3-6H,12H2,1-2H3. The summed E-state index contributed by atoms with van der Waals surface area (Å²) in [6.45, 7) is 0. The van der Waals surface area contributed by atoms with Crippen LogP contribution in [0.2, 0.25) is 0 Å². The molecule has 0 aliphatic rings. The number of hydrogen-bond acceptors (Lipinski definition) is 3. The minimum absolute atomic E-state index is 0.367. The smallest absolute Gasteiger partial charge is 0.340 e. The van der Waals surface area contributed by atoms with Crippen LogP contribution in [0.15, 0.2) is 24.4 Å². The van der Waals surface area contributed by atoms with E-state index >= 15 is 0 Å². The summed E-state index contributed by atoms with van der Waals surface area (Å²) >= 11 is 0. The molecule has 15 heavy (non-hydrogen) atoms. The molecule has 0 saturated heterocycles. The zero-order chi connectivity index (χ0) is 11.0. The number of fused-ring (bicyclic) bond motifs is 1. The van der Waals surface area contributed by atoms with Crippen molar-refractivity contribution >= 4 is 22.6 Å². The highest BCUT2D eigenvalue weighted by Crippen LogP contribution is 2.23. The number of nitrogens with two attached hydrogens (primary N) is 1. The number of aryl methyl sites for hydroxylation is 1. The molecule has 2 N–H and O–H groups in total. The summed E-state index contributed by atoms with van der Waals surface area (Å²) in [5.74, 6) is -0.367. The van der Waals surface area contributed by atoms with Gasteiger partial charge in [0.2, 0.25) is 0 Å². The average Bonchev–Trinajstić information content (AvgIpc) is 2.58. The molecule has 0 spiro atoms. The summed E-state index contributed by atoms with van der Waals surface area (Å²) in [7, 11) is 3.24. The van der Waals surface area contributed by atoms with E-state index in [1.54, 1.807) is 6.07 Å². The van der Waals surface area contributed by atoms with E-state index < -0.39 is 0 Å². The number of carbonyl (C=O) groups is 1. The van der Waals surface area contributed by atoms with E-state index in [1.807, 2.05) is 29.9 Å². The molecule has 1 aromatic heterocycles. The molecule has 0 bridgehead atoms. The lowest BCUT2D eigenvalue weighted by molar-refractivity contribution is 0.0602. The number of hydrogen-bond donors (Lipinski definition) is 1. The molecule has 2 aromatic rings. The Morgan fingerprint density at radius 3 is 2.87 bits per heavy atom. The lowest BCUT2D eigenvalue weighted by Gasteiger charge is -2.05. The first-order valence-electron chi connectivity index (χ1n) is 4.56. The molecular weight excluding hydrogens is 192 g/mol. The van der Waals surface area contributed by atoms with Gasteiger partial charge in [-0.25, -0.2) is 4.79 Å². The van der Waals surface area contributed by atoms with Gasteiger partial charge in [0.1, 0.15) is 0 Å². The van der Waals surface area contributed by atoms with Gasteiger partial charge in [0, 0.05) is 24.3 Å². The fourth-order valence-electron chi connectivity index (χ4n) is 1.73. The van der Waals surface area contributed by atoms with Crippen LogP contribution in [-0.2, 0) is 11.8 Å². The second kappa shape index (κ2) is 3.31. The molecule has 2 rings (SSSR count). The summed E-state index contributed by atoms with van der Waals surface area (Å²) in [6, 6.07) is 5.38. The van der Waals surface area contributed by atoms with Gasteiger partial charge in [-0.1, -0.05) is 0 Å². The van der Waals surface area contributed by atoms with E-state index in [0.717, 1.165) is 10.9 Å². The van der Waals surface area contributed by atoms with Gasteiger partial charge >= 0.3 is 5.97 Å². The fourth-order valence-corrected chi connectivity index (χ4v) is 1.73. The van der Waals surface area contributed by atoms with Crippen LogP contribution in [0.25, 0.3) is 10.9 Å². The van der Waals surface area contributed by atoms with E-state index in [4.69, 9.17) is 10.5 Å². The number of ether oxygens (including phenoxy) is 1. The molecule has 1 heterocycles. The normalized spacial score (nSPS) is 10.5. The highest BCUT2D eigenvalue weighted by atomic mass is 16.5. The highest BCUT2D eigenvalue weighted by Gasteiger charge is 2.13. The van der Waals surface area contributed by atoms with Crippen molar-refractivity contribution in [2.75, 3.05) is 12.8 Å². The van der Waals surface area contributed by atoms with Gasteiger partial charge in [-0.05, 0) is 18.2 Å². The molecule has 1 aromatic carbocycles. The first-order chi connectivity index (χ1) is 7.13. The number of rotatable bonds is 1. The first kappa shape index (κ1) is 9.58. The zero-order valence-electron chi connectivity index (χ0n) is 8.65. The van der Waals surface area contributed by atoms with Crippen molar-refractivity contribution in [1.82, 2.24) is 4.57 Å². The zero-order valence-corrected chi connectivity index (χ0v) is 8.65. The SMILES string of the molecule is COC(=O)c1cc(N)cc2ccn(C)c12. The molecule has 0 unspecified atom stereocenters. The Labute approximate surface area is 87.2 Å². The molecule has 0 aliphatic heterocycles. The van der Waals surface area contributed by atoms with Crippen molar-refractivity contribution in [3.63, 3.8) is 0 Å². The quantitative estimate of drug-likeness (QED) is 0.566. The largest absolute Gasteiger partial charge is 0.465 e. The Hall–Kier alpha value is -1.97. The Morgan fingerprint density at radius 2 is 2.20 bits per heavy atom.